The molecule has 0 saturated heterocycles. The summed E-state index contributed by atoms with van der Waals surface area (Å²) in [6.45, 7) is 1.39. The van der Waals surface area contributed by atoms with Gasteiger partial charge in [0.25, 0.3) is 0 Å². The smallest absolute Gasteiger partial charge is 0.166 e. The third-order valence-electron chi connectivity index (χ3n) is 2.37. The van der Waals surface area contributed by atoms with Crippen molar-refractivity contribution in [2.24, 2.45) is 5.73 Å². The lowest BCUT2D eigenvalue weighted by atomic mass is 9.96. The molecule has 0 atom stereocenters. The van der Waals surface area contributed by atoms with E-state index in [0.29, 0.717) is 12.6 Å². The maximum atomic E-state index is 5.36. The van der Waals surface area contributed by atoms with E-state index in [1.807, 2.05) is 0 Å². The second-order valence-corrected chi connectivity index (χ2v) is 3.93. The maximum absolute atomic E-state index is 5.36. The van der Waals surface area contributed by atoms with Gasteiger partial charge in [0.15, 0.2) is 5.11 Å². The van der Waals surface area contributed by atoms with Crippen LogP contribution in [-0.4, -0.2) is 24.2 Å². The third-order valence-corrected chi connectivity index (χ3v) is 2.63. The summed E-state index contributed by atoms with van der Waals surface area (Å²) in [7, 11) is 0. The first-order valence-corrected chi connectivity index (χ1v) is 5.48. The molecule has 1 rings (SSSR count). The Kier molecular flexibility index (Phi) is 5.08. The van der Waals surface area contributed by atoms with E-state index < -0.39 is 0 Å². The Labute approximate surface area is 85.5 Å². The van der Waals surface area contributed by atoms with Crippen molar-refractivity contribution in [2.75, 3.05) is 13.1 Å². The van der Waals surface area contributed by atoms with Crippen LogP contribution in [0.25, 0.3) is 0 Å². The predicted octanol–water partition coefficient (Wildman–Crippen LogP) is 0.742. The molecule has 0 amide bonds. The summed E-state index contributed by atoms with van der Waals surface area (Å²) < 4.78 is 0. The minimum absolute atomic E-state index is 0.589. The second-order valence-electron chi connectivity index (χ2n) is 3.52. The molecule has 0 spiro atoms. The predicted molar refractivity (Wildman–Crippen MR) is 59.7 cm³/mol. The van der Waals surface area contributed by atoms with Crippen LogP contribution in [0.4, 0.5) is 0 Å². The summed E-state index contributed by atoms with van der Waals surface area (Å²) in [5.41, 5.74) is 5.36. The lowest BCUT2D eigenvalue weighted by Crippen LogP contribution is -2.44. The van der Waals surface area contributed by atoms with Gasteiger partial charge < -0.3 is 16.4 Å². The van der Waals surface area contributed by atoms with Crippen molar-refractivity contribution in [2.45, 2.75) is 38.1 Å². The van der Waals surface area contributed by atoms with Gasteiger partial charge in [0, 0.05) is 19.1 Å². The number of thiocarbonyl (C=S) groups is 1. The molecule has 0 aliphatic heterocycles. The van der Waals surface area contributed by atoms with Crippen LogP contribution in [0, 0.1) is 0 Å². The van der Waals surface area contributed by atoms with Crippen LogP contribution in [0.15, 0.2) is 0 Å². The summed E-state index contributed by atoms with van der Waals surface area (Å²) in [5, 5.41) is 7.15. The average molecular weight is 201 g/mol. The molecule has 0 bridgehead atoms. The van der Waals surface area contributed by atoms with Gasteiger partial charge in [0.1, 0.15) is 0 Å². The lowest BCUT2D eigenvalue weighted by molar-refractivity contribution is 0.412. The molecule has 1 aliphatic carbocycles. The fourth-order valence-electron chi connectivity index (χ4n) is 1.67. The van der Waals surface area contributed by atoms with Gasteiger partial charge in [0.2, 0.25) is 0 Å². The Balaban J connectivity index is 2.11. The van der Waals surface area contributed by atoms with Gasteiger partial charge in [-0.2, -0.15) is 0 Å². The topological polar surface area (TPSA) is 50.1 Å². The van der Waals surface area contributed by atoms with Crippen LogP contribution in [0.2, 0.25) is 0 Å². The Hall–Kier alpha value is -0.350. The van der Waals surface area contributed by atoms with Gasteiger partial charge in [-0.15, -0.1) is 0 Å². The molecule has 4 heteroatoms. The molecule has 1 saturated carbocycles. The first-order chi connectivity index (χ1) is 6.33. The van der Waals surface area contributed by atoms with E-state index in [9.17, 15) is 0 Å². The van der Waals surface area contributed by atoms with E-state index in [1.165, 1.54) is 32.1 Å². The average Bonchev–Trinajstić information content (AvgIpc) is 2.16. The largest absolute Gasteiger partial charge is 0.361 e. The van der Waals surface area contributed by atoms with E-state index >= 15 is 0 Å². The fourth-order valence-corrected chi connectivity index (χ4v) is 1.94. The molecule has 0 aromatic heterocycles. The Morgan fingerprint density at radius 1 is 1.31 bits per heavy atom. The standard InChI is InChI=1S/C9H19N3S/c10-6-7-11-9(13)12-8-4-2-1-3-5-8/h8H,1-7,10H2,(H2,11,12,13). The molecule has 1 aliphatic rings. The van der Waals surface area contributed by atoms with Crippen molar-refractivity contribution in [3.05, 3.63) is 0 Å². The highest BCUT2D eigenvalue weighted by molar-refractivity contribution is 7.80. The molecule has 13 heavy (non-hydrogen) atoms. The van der Waals surface area contributed by atoms with Crippen LogP contribution >= 0.6 is 12.2 Å². The van der Waals surface area contributed by atoms with Gasteiger partial charge in [-0.1, -0.05) is 19.3 Å². The highest BCUT2D eigenvalue weighted by atomic mass is 32.1. The van der Waals surface area contributed by atoms with Gasteiger partial charge in [-0.25, -0.2) is 0 Å². The lowest BCUT2D eigenvalue weighted by Gasteiger charge is -2.24. The Morgan fingerprint density at radius 2 is 2.00 bits per heavy atom. The van der Waals surface area contributed by atoms with Gasteiger partial charge in [0.05, 0.1) is 0 Å². The second kappa shape index (κ2) is 6.16. The molecule has 1 fully saturated rings. The van der Waals surface area contributed by atoms with E-state index in [0.717, 1.165) is 11.7 Å². The summed E-state index contributed by atoms with van der Waals surface area (Å²) >= 11 is 5.12. The quantitative estimate of drug-likeness (QED) is 0.590. The summed E-state index contributed by atoms with van der Waals surface area (Å²) in [5.74, 6) is 0. The van der Waals surface area contributed by atoms with Crippen molar-refractivity contribution in [3.63, 3.8) is 0 Å². The first kappa shape index (κ1) is 10.7. The third kappa shape index (κ3) is 4.43. The Morgan fingerprint density at radius 3 is 2.62 bits per heavy atom. The molecular formula is C9H19N3S. The molecule has 76 valence electrons. The minimum Gasteiger partial charge on any atom is -0.361 e. The van der Waals surface area contributed by atoms with Crippen LogP contribution in [0.3, 0.4) is 0 Å². The highest BCUT2D eigenvalue weighted by Gasteiger charge is 2.13. The molecule has 0 aromatic carbocycles. The SMILES string of the molecule is NCCNC(=S)NC1CCCCC1. The van der Waals surface area contributed by atoms with Crippen molar-refractivity contribution in [1.82, 2.24) is 10.6 Å². The van der Waals surface area contributed by atoms with Crippen LogP contribution < -0.4 is 16.4 Å². The number of rotatable bonds is 3. The van der Waals surface area contributed by atoms with Crippen molar-refractivity contribution < 1.29 is 0 Å². The fraction of sp³-hybridized carbons (Fsp3) is 0.889. The van der Waals surface area contributed by atoms with Crippen molar-refractivity contribution in [3.8, 4) is 0 Å². The highest BCUT2D eigenvalue weighted by Crippen LogP contribution is 2.16. The zero-order valence-corrected chi connectivity index (χ0v) is 8.83. The van der Waals surface area contributed by atoms with Crippen molar-refractivity contribution in [1.29, 1.82) is 0 Å². The zero-order valence-electron chi connectivity index (χ0n) is 8.01. The van der Waals surface area contributed by atoms with Crippen LogP contribution in [0.1, 0.15) is 32.1 Å². The van der Waals surface area contributed by atoms with E-state index in [2.05, 4.69) is 10.6 Å². The number of hydrogen-bond acceptors (Lipinski definition) is 2. The number of nitrogens with two attached hydrogens (primary N) is 1. The molecule has 0 unspecified atom stereocenters. The van der Waals surface area contributed by atoms with Crippen LogP contribution in [0.5, 0.6) is 0 Å². The van der Waals surface area contributed by atoms with Gasteiger partial charge in [-0.3, -0.25) is 0 Å². The zero-order chi connectivity index (χ0) is 9.52. The van der Waals surface area contributed by atoms with Crippen LogP contribution in [-0.2, 0) is 0 Å². The summed E-state index contributed by atoms with van der Waals surface area (Å²) in [6, 6.07) is 0.589. The first-order valence-electron chi connectivity index (χ1n) is 5.07. The molecular weight excluding hydrogens is 182 g/mol. The van der Waals surface area contributed by atoms with E-state index in [1.54, 1.807) is 0 Å². The summed E-state index contributed by atoms with van der Waals surface area (Å²) in [6.07, 6.45) is 6.55. The van der Waals surface area contributed by atoms with Gasteiger partial charge in [-0.05, 0) is 25.1 Å². The Bertz CT molecular complexity index is 155. The normalized spacial score (nSPS) is 18.2. The molecule has 0 radical (unpaired) electrons. The van der Waals surface area contributed by atoms with E-state index in [-0.39, 0.29) is 0 Å². The molecule has 0 heterocycles. The summed E-state index contributed by atoms with van der Waals surface area (Å²) in [4.78, 5) is 0. The molecule has 3 nitrogen and oxygen atoms in total. The van der Waals surface area contributed by atoms with Crippen molar-refractivity contribution >= 4 is 17.3 Å². The van der Waals surface area contributed by atoms with E-state index in [4.69, 9.17) is 18.0 Å². The number of nitrogens with one attached hydrogen (secondary N) is 2. The maximum Gasteiger partial charge on any atom is 0.166 e. The molecule has 0 aromatic rings. The monoisotopic (exact) mass is 201 g/mol. The minimum atomic E-state index is 0.589. The molecule has 4 N–H and O–H groups in total. The number of hydrogen-bond donors (Lipinski definition) is 3. The van der Waals surface area contributed by atoms with Gasteiger partial charge >= 0.3 is 0 Å².